The number of rotatable bonds is 4. The van der Waals surface area contributed by atoms with E-state index in [4.69, 9.17) is 10.6 Å². The number of nitrogens with two attached hydrogens (primary N) is 1. The molecule has 1 aliphatic rings. The zero-order chi connectivity index (χ0) is 13.8. The molecule has 1 aromatic rings. The molecule has 0 saturated carbocycles. The summed E-state index contributed by atoms with van der Waals surface area (Å²) in [7, 11) is 1.78. The molecule has 3 N–H and O–H groups in total. The van der Waals surface area contributed by atoms with Crippen molar-refractivity contribution in [3.05, 3.63) is 21.9 Å². The molecule has 0 aliphatic carbocycles. The molecule has 19 heavy (non-hydrogen) atoms. The fraction of sp³-hybridized carbons (Fsp3) is 0.615. The van der Waals surface area contributed by atoms with Crippen molar-refractivity contribution in [2.45, 2.75) is 26.0 Å². The van der Waals surface area contributed by atoms with Gasteiger partial charge in [-0.05, 0) is 31.0 Å². The van der Waals surface area contributed by atoms with Crippen LogP contribution in [0.15, 0.2) is 12.1 Å². The van der Waals surface area contributed by atoms with Gasteiger partial charge in [-0.3, -0.25) is 15.1 Å². The van der Waals surface area contributed by atoms with E-state index in [1.807, 2.05) is 12.1 Å². The van der Waals surface area contributed by atoms with Crippen molar-refractivity contribution < 1.29 is 9.53 Å². The molecule has 1 amide bonds. The third-order valence-electron chi connectivity index (χ3n) is 3.67. The van der Waals surface area contributed by atoms with Gasteiger partial charge in [-0.25, -0.2) is 5.84 Å². The largest absolute Gasteiger partial charge is 0.380 e. The molecule has 1 aliphatic heterocycles. The zero-order valence-corrected chi connectivity index (χ0v) is 12.2. The number of nitrogens with zero attached hydrogens (tertiary/aromatic N) is 1. The quantitative estimate of drug-likeness (QED) is 0.495. The summed E-state index contributed by atoms with van der Waals surface area (Å²) >= 11 is 1.49. The van der Waals surface area contributed by atoms with Crippen LogP contribution < -0.4 is 11.3 Å². The first kappa shape index (κ1) is 14.5. The van der Waals surface area contributed by atoms with Gasteiger partial charge in [0.2, 0.25) is 0 Å². The Labute approximate surface area is 117 Å². The Hall–Kier alpha value is -0.950. The van der Waals surface area contributed by atoms with Crippen molar-refractivity contribution in [1.29, 1.82) is 0 Å². The van der Waals surface area contributed by atoms with Crippen molar-refractivity contribution in [2.24, 2.45) is 11.8 Å². The Bertz CT molecular complexity index is 435. The number of hydrazine groups is 1. The number of nitrogen functional groups attached to an aromatic ring is 1. The van der Waals surface area contributed by atoms with Crippen molar-refractivity contribution in [1.82, 2.24) is 10.3 Å². The van der Waals surface area contributed by atoms with E-state index in [2.05, 4.69) is 17.2 Å². The van der Waals surface area contributed by atoms with Crippen LogP contribution in [0.3, 0.4) is 0 Å². The number of piperidine rings is 1. The van der Waals surface area contributed by atoms with Crippen LogP contribution in [0.1, 0.15) is 27.9 Å². The lowest BCUT2D eigenvalue weighted by Gasteiger charge is -2.35. The molecular weight excluding hydrogens is 262 g/mol. The van der Waals surface area contributed by atoms with E-state index in [1.54, 1.807) is 7.11 Å². The minimum absolute atomic E-state index is 0.224. The zero-order valence-electron chi connectivity index (χ0n) is 11.4. The lowest BCUT2D eigenvalue weighted by atomic mass is 9.96. The number of thiophene rings is 1. The lowest BCUT2D eigenvalue weighted by molar-refractivity contribution is -0.00716. The van der Waals surface area contributed by atoms with Gasteiger partial charge in [0.1, 0.15) is 0 Å². The molecule has 0 spiro atoms. The molecule has 1 saturated heterocycles. The minimum Gasteiger partial charge on any atom is -0.380 e. The Morgan fingerprint density at radius 3 is 3.11 bits per heavy atom. The number of ether oxygens (including phenoxy) is 1. The predicted molar refractivity (Wildman–Crippen MR) is 75.8 cm³/mol. The topological polar surface area (TPSA) is 67.6 Å². The first-order chi connectivity index (χ1) is 9.13. The molecule has 2 unspecified atom stereocenters. The second-order valence-corrected chi connectivity index (χ2v) is 6.18. The van der Waals surface area contributed by atoms with Crippen LogP contribution in [0.5, 0.6) is 0 Å². The van der Waals surface area contributed by atoms with Gasteiger partial charge in [-0.2, -0.15) is 0 Å². The van der Waals surface area contributed by atoms with Crippen molar-refractivity contribution in [3.63, 3.8) is 0 Å². The Morgan fingerprint density at radius 2 is 2.42 bits per heavy atom. The summed E-state index contributed by atoms with van der Waals surface area (Å²) in [4.78, 5) is 15.6. The number of methoxy groups -OCH3 is 1. The van der Waals surface area contributed by atoms with Crippen LogP contribution in [0.2, 0.25) is 0 Å². The van der Waals surface area contributed by atoms with Gasteiger partial charge in [0.25, 0.3) is 5.91 Å². The third-order valence-corrected chi connectivity index (χ3v) is 4.74. The van der Waals surface area contributed by atoms with Crippen LogP contribution in [0.4, 0.5) is 0 Å². The van der Waals surface area contributed by atoms with Gasteiger partial charge in [-0.1, -0.05) is 6.92 Å². The standard InChI is InChI=1S/C13H21N3O2S/c1-9-5-6-16(8-11(9)18-2)7-10-3-4-12(19-10)13(17)15-14/h3-4,9,11H,5-8,14H2,1-2H3,(H,15,17). The Balaban J connectivity index is 1.94. The summed E-state index contributed by atoms with van der Waals surface area (Å²) in [5.41, 5.74) is 2.16. The van der Waals surface area contributed by atoms with E-state index in [-0.39, 0.29) is 5.91 Å². The maximum absolute atomic E-state index is 11.4. The Morgan fingerprint density at radius 1 is 1.63 bits per heavy atom. The highest BCUT2D eigenvalue weighted by atomic mass is 32.1. The number of nitrogens with one attached hydrogen (secondary N) is 1. The molecular formula is C13H21N3O2S. The van der Waals surface area contributed by atoms with E-state index in [0.29, 0.717) is 16.9 Å². The van der Waals surface area contributed by atoms with Gasteiger partial charge >= 0.3 is 0 Å². The van der Waals surface area contributed by atoms with Crippen molar-refractivity contribution in [2.75, 3.05) is 20.2 Å². The summed E-state index contributed by atoms with van der Waals surface area (Å²) in [6.45, 7) is 5.14. The van der Waals surface area contributed by atoms with E-state index in [0.717, 1.165) is 26.1 Å². The Kier molecular flexibility index (Phi) is 4.93. The molecule has 106 valence electrons. The average Bonchev–Trinajstić information content (AvgIpc) is 2.88. The fourth-order valence-corrected chi connectivity index (χ4v) is 3.38. The molecule has 2 heterocycles. The van der Waals surface area contributed by atoms with Crippen LogP contribution in [0.25, 0.3) is 0 Å². The number of hydrogen-bond donors (Lipinski definition) is 2. The molecule has 2 rings (SSSR count). The smallest absolute Gasteiger partial charge is 0.275 e. The maximum atomic E-state index is 11.4. The number of hydrogen-bond acceptors (Lipinski definition) is 5. The second-order valence-electron chi connectivity index (χ2n) is 5.01. The van der Waals surface area contributed by atoms with Crippen LogP contribution >= 0.6 is 11.3 Å². The molecule has 0 radical (unpaired) electrons. The van der Waals surface area contributed by atoms with Gasteiger partial charge in [0.15, 0.2) is 0 Å². The number of carbonyl (C=O) groups is 1. The first-order valence-corrected chi connectivity index (χ1v) is 7.30. The molecule has 0 aromatic carbocycles. The highest BCUT2D eigenvalue weighted by molar-refractivity contribution is 7.14. The van der Waals surface area contributed by atoms with Crippen LogP contribution in [0, 0.1) is 5.92 Å². The van der Waals surface area contributed by atoms with Gasteiger partial charge < -0.3 is 4.74 Å². The highest BCUT2D eigenvalue weighted by Gasteiger charge is 2.26. The monoisotopic (exact) mass is 283 g/mol. The minimum atomic E-state index is -0.224. The van der Waals surface area contributed by atoms with E-state index in [9.17, 15) is 4.79 Å². The number of carbonyl (C=O) groups excluding carboxylic acids is 1. The number of likely N-dealkylation sites (tertiary alicyclic amines) is 1. The molecule has 2 atom stereocenters. The normalized spacial score (nSPS) is 24.4. The molecule has 6 heteroatoms. The first-order valence-electron chi connectivity index (χ1n) is 6.49. The second kappa shape index (κ2) is 6.47. The lowest BCUT2D eigenvalue weighted by Crippen LogP contribution is -2.43. The molecule has 5 nitrogen and oxygen atoms in total. The summed E-state index contributed by atoms with van der Waals surface area (Å²) in [5, 5.41) is 0. The maximum Gasteiger partial charge on any atom is 0.275 e. The van der Waals surface area contributed by atoms with Crippen molar-refractivity contribution in [3.8, 4) is 0 Å². The van der Waals surface area contributed by atoms with Gasteiger partial charge in [-0.15, -0.1) is 11.3 Å². The molecule has 1 aromatic heterocycles. The average molecular weight is 283 g/mol. The molecule has 0 bridgehead atoms. The van der Waals surface area contributed by atoms with E-state index in [1.165, 1.54) is 16.2 Å². The highest BCUT2D eigenvalue weighted by Crippen LogP contribution is 2.23. The summed E-state index contributed by atoms with van der Waals surface area (Å²) in [6.07, 6.45) is 1.46. The van der Waals surface area contributed by atoms with Gasteiger partial charge in [0.05, 0.1) is 11.0 Å². The van der Waals surface area contributed by atoms with E-state index < -0.39 is 0 Å². The fourth-order valence-electron chi connectivity index (χ4n) is 2.42. The number of amides is 1. The van der Waals surface area contributed by atoms with E-state index >= 15 is 0 Å². The van der Waals surface area contributed by atoms with Crippen LogP contribution in [-0.4, -0.2) is 37.1 Å². The molecule has 1 fully saturated rings. The SMILES string of the molecule is COC1CN(Cc2ccc(C(=O)NN)s2)CCC1C. The summed E-state index contributed by atoms with van der Waals surface area (Å²) in [5.74, 6) is 5.52. The van der Waals surface area contributed by atoms with Gasteiger partial charge in [0, 0.05) is 25.1 Å². The van der Waals surface area contributed by atoms with Crippen molar-refractivity contribution >= 4 is 17.2 Å². The summed E-state index contributed by atoms with van der Waals surface area (Å²) in [6, 6.07) is 3.82. The third kappa shape index (κ3) is 3.54. The van der Waals surface area contributed by atoms with Crippen LogP contribution in [-0.2, 0) is 11.3 Å². The predicted octanol–water partition coefficient (Wildman–Crippen LogP) is 1.21. The summed E-state index contributed by atoms with van der Waals surface area (Å²) < 4.78 is 5.51.